The van der Waals surface area contributed by atoms with Crippen LogP contribution in [0.25, 0.3) is 0 Å². The predicted octanol–water partition coefficient (Wildman–Crippen LogP) is 4.21. The van der Waals surface area contributed by atoms with Crippen molar-refractivity contribution < 1.29 is 27.9 Å². The van der Waals surface area contributed by atoms with E-state index in [-0.39, 0.29) is 11.1 Å². The molecule has 0 saturated carbocycles. The second-order valence-corrected chi connectivity index (χ2v) is 8.52. The standard InChI is InChI=1S/C26H25F3N4O3/c1-2-33(16-17-7-4-3-5-8-17)20-12-10-18(11-13-20)22-21(23(34)19-9-6-14-30-15-19)25(36,26(27,28)29)32-24(35)31-22/h3-15,21-22,36H,2,16H2,1H3,(H2,31,32,35)/t21-,22-,25+/m0/s1. The van der Waals surface area contributed by atoms with Crippen LogP contribution in [0.1, 0.15) is 34.5 Å². The van der Waals surface area contributed by atoms with E-state index in [1.54, 1.807) is 24.3 Å². The minimum absolute atomic E-state index is 0.121. The SMILES string of the molecule is CCN(Cc1ccccc1)c1ccc([C@@H]2NC(=O)N[C@](O)(C(F)(F)F)[C@@H]2C(=O)c2cccnc2)cc1. The molecule has 3 aromatic rings. The number of aliphatic hydroxyl groups is 1. The number of rotatable bonds is 7. The van der Waals surface area contributed by atoms with Crippen LogP contribution in [0.15, 0.2) is 79.1 Å². The first-order valence-electron chi connectivity index (χ1n) is 11.3. The van der Waals surface area contributed by atoms with E-state index < -0.39 is 35.7 Å². The molecule has 2 heterocycles. The Kier molecular flexibility index (Phi) is 6.98. The largest absolute Gasteiger partial charge is 0.437 e. The Morgan fingerprint density at radius 2 is 1.78 bits per heavy atom. The van der Waals surface area contributed by atoms with Crippen LogP contribution < -0.4 is 15.5 Å². The molecule has 0 aliphatic carbocycles. The van der Waals surface area contributed by atoms with Crippen LogP contribution in [0.2, 0.25) is 0 Å². The summed E-state index contributed by atoms with van der Waals surface area (Å²) >= 11 is 0. The summed E-state index contributed by atoms with van der Waals surface area (Å²) in [6.45, 7) is 3.28. The van der Waals surface area contributed by atoms with Crippen molar-refractivity contribution in [2.24, 2.45) is 5.92 Å². The summed E-state index contributed by atoms with van der Waals surface area (Å²) in [6, 6.07) is 16.4. The van der Waals surface area contributed by atoms with Gasteiger partial charge in [-0.05, 0) is 42.3 Å². The van der Waals surface area contributed by atoms with E-state index in [2.05, 4.69) is 15.2 Å². The average Bonchev–Trinajstić information content (AvgIpc) is 2.87. The maximum absolute atomic E-state index is 14.1. The quantitative estimate of drug-likeness (QED) is 0.425. The fourth-order valence-electron chi connectivity index (χ4n) is 4.39. The molecule has 1 fully saturated rings. The average molecular weight is 499 g/mol. The fraction of sp³-hybridized carbons (Fsp3) is 0.269. The van der Waals surface area contributed by atoms with Crippen molar-refractivity contribution in [2.45, 2.75) is 31.4 Å². The summed E-state index contributed by atoms with van der Waals surface area (Å²) in [5.41, 5.74) is -1.76. The summed E-state index contributed by atoms with van der Waals surface area (Å²) in [6.07, 6.45) is -2.82. The highest BCUT2D eigenvalue weighted by molar-refractivity contribution is 6.00. The van der Waals surface area contributed by atoms with Crippen molar-refractivity contribution >= 4 is 17.5 Å². The number of Topliss-reactive ketones (excluding diaryl/α,β-unsaturated/α-hetero) is 1. The molecule has 188 valence electrons. The van der Waals surface area contributed by atoms with Gasteiger partial charge < -0.3 is 20.6 Å². The number of halogens is 3. The number of benzene rings is 2. The fourth-order valence-corrected chi connectivity index (χ4v) is 4.39. The molecule has 36 heavy (non-hydrogen) atoms. The van der Waals surface area contributed by atoms with Gasteiger partial charge in [-0.2, -0.15) is 13.2 Å². The molecule has 1 saturated heterocycles. The summed E-state index contributed by atoms with van der Waals surface area (Å²) in [7, 11) is 0. The highest BCUT2D eigenvalue weighted by atomic mass is 19.4. The second kappa shape index (κ2) is 9.98. The molecule has 1 aliphatic heterocycles. The lowest BCUT2D eigenvalue weighted by molar-refractivity contribution is -0.287. The van der Waals surface area contributed by atoms with Gasteiger partial charge in [0.25, 0.3) is 0 Å². The summed E-state index contributed by atoms with van der Waals surface area (Å²) in [4.78, 5) is 31.4. The lowest BCUT2D eigenvalue weighted by Crippen LogP contribution is -2.72. The van der Waals surface area contributed by atoms with E-state index in [1.165, 1.54) is 23.6 Å². The van der Waals surface area contributed by atoms with Crippen LogP contribution in [0.4, 0.5) is 23.7 Å². The Labute approximate surface area is 206 Å². The number of nitrogens with zero attached hydrogens (tertiary/aromatic N) is 2. The van der Waals surface area contributed by atoms with E-state index in [4.69, 9.17) is 0 Å². The maximum Gasteiger partial charge on any atom is 0.437 e. The monoisotopic (exact) mass is 498 g/mol. The number of carbonyl (C=O) groups is 2. The molecule has 3 N–H and O–H groups in total. The number of urea groups is 1. The number of carbonyl (C=O) groups excluding carboxylic acids is 2. The van der Waals surface area contributed by atoms with Gasteiger partial charge in [0.05, 0.1) is 6.04 Å². The molecule has 7 nitrogen and oxygen atoms in total. The third kappa shape index (κ3) is 4.90. The van der Waals surface area contributed by atoms with E-state index in [0.29, 0.717) is 13.1 Å². The van der Waals surface area contributed by atoms with Gasteiger partial charge in [0.15, 0.2) is 5.78 Å². The normalized spacial score (nSPS) is 21.9. The van der Waals surface area contributed by atoms with Crippen LogP contribution in [0, 0.1) is 5.92 Å². The Hall–Kier alpha value is -3.92. The minimum Gasteiger partial charge on any atom is -0.367 e. The number of pyridine rings is 1. The van der Waals surface area contributed by atoms with Crippen LogP contribution in [-0.2, 0) is 6.54 Å². The molecule has 0 radical (unpaired) electrons. The van der Waals surface area contributed by atoms with Gasteiger partial charge in [0, 0.05) is 36.7 Å². The molecule has 3 atom stereocenters. The molecule has 10 heteroatoms. The van der Waals surface area contributed by atoms with Crippen molar-refractivity contribution in [3.63, 3.8) is 0 Å². The van der Waals surface area contributed by atoms with Crippen LogP contribution in [0.5, 0.6) is 0 Å². The molecule has 0 unspecified atom stereocenters. The first kappa shape index (κ1) is 25.2. The summed E-state index contributed by atoms with van der Waals surface area (Å²) in [5.74, 6) is -3.11. The van der Waals surface area contributed by atoms with Crippen molar-refractivity contribution in [3.8, 4) is 0 Å². The molecular formula is C26H25F3N4O3. The first-order valence-corrected chi connectivity index (χ1v) is 11.3. The highest BCUT2D eigenvalue weighted by Gasteiger charge is 2.66. The first-order chi connectivity index (χ1) is 17.1. The molecule has 1 aliphatic rings. The third-order valence-corrected chi connectivity index (χ3v) is 6.25. The van der Waals surface area contributed by atoms with Gasteiger partial charge in [0.1, 0.15) is 5.92 Å². The Morgan fingerprint density at radius 1 is 1.08 bits per heavy atom. The third-order valence-electron chi connectivity index (χ3n) is 6.25. The van der Waals surface area contributed by atoms with Crippen molar-refractivity contribution in [1.29, 1.82) is 0 Å². The zero-order chi connectivity index (χ0) is 25.9. The number of anilines is 1. The Bertz CT molecular complexity index is 1210. The van der Waals surface area contributed by atoms with Gasteiger partial charge in [0.2, 0.25) is 5.72 Å². The number of ketones is 1. The van der Waals surface area contributed by atoms with Crippen LogP contribution >= 0.6 is 0 Å². The van der Waals surface area contributed by atoms with E-state index in [1.807, 2.05) is 37.3 Å². The van der Waals surface area contributed by atoms with E-state index in [0.717, 1.165) is 17.4 Å². The number of amides is 2. The lowest BCUT2D eigenvalue weighted by Gasteiger charge is -2.45. The van der Waals surface area contributed by atoms with Crippen LogP contribution in [0.3, 0.4) is 0 Å². The van der Waals surface area contributed by atoms with Gasteiger partial charge >= 0.3 is 12.2 Å². The molecule has 2 aromatic carbocycles. The summed E-state index contributed by atoms with van der Waals surface area (Å²) < 4.78 is 42.2. The minimum atomic E-state index is -5.32. The smallest absolute Gasteiger partial charge is 0.367 e. The lowest BCUT2D eigenvalue weighted by atomic mass is 9.77. The van der Waals surface area contributed by atoms with Gasteiger partial charge in [-0.3, -0.25) is 9.78 Å². The number of hydrogen-bond donors (Lipinski definition) is 3. The van der Waals surface area contributed by atoms with E-state index in [9.17, 15) is 27.9 Å². The Morgan fingerprint density at radius 3 is 2.36 bits per heavy atom. The van der Waals surface area contributed by atoms with Crippen molar-refractivity contribution in [3.05, 3.63) is 95.8 Å². The molecule has 0 spiro atoms. The van der Waals surface area contributed by atoms with Crippen molar-refractivity contribution in [2.75, 3.05) is 11.4 Å². The Balaban J connectivity index is 1.70. The van der Waals surface area contributed by atoms with E-state index >= 15 is 0 Å². The maximum atomic E-state index is 14.1. The zero-order valence-electron chi connectivity index (χ0n) is 19.4. The van der Waals surface area contributed by atoms with Crippen LogP contribution in [-0.4, -0.2) is 40.4 Å². The number of hydrogen-bond acceptors (Lipinski definition) is 5. The molecule has 2 amide bonds. The number of aromatic nitrogens is 1. The summed E-state index contributed by atoms with van der Waals surface area (Å²) in [5, 5.41) is 14.6. The topological polar surface area (TPSA) is 94.6 Å². The van der Waals surface area contributed by atoms with Gasteiger partial charge in [-0.25, -0.2) is 4.79 Å². The van der Waals surface area contributed by atoms with Gasteiger partial charge in [-0.1, -0.05) is 42.5 Å². The molecule has 4 rings (SSSR count). The second-order valence-electron chi connectivity index (χ2n) is 8.52. The predicted molar refractivity (Wildman–Crippen MR) is 127 cm³/mol. The molecular weight excluding hydrogens is 473 g/mol. The number of nitrogens with one attached hydrogen (secondary N) is 2. The number of alkyl halides is 3. The van der Waals surface area contributed by atoms with Crippen molar-refractivity contribution in [1.82, 2.24) is 15.6 Å². The molecule has 1 aromatic heterocycles. The highest BCUT2D eigenvalue weighted by Crippen LogP contribution is 2.44. The van der Waals surface area contributed by atoms with Gasteiger partial charge in [-0.15, -0.1) is 0 Å². The zero-order valence-corrected chi connectivity index (χ0v) is 19.4. The molecule has 0 bridgehead atoms.